The summed E-state index contributed by atoms with van der Waals surface area (Å²) in [6.07, 6.45) is 1.32. The summed E-state index contributed by atoms with van der Waals surface area (Å²) in [6, 6.07) is 12.2. The molecule has 186 valence electrons. The van der Waals surface area contributed by atoms with Crippen LogP contribution in [0.15, 0.2) is 54.7 Å². The largest absolute Gasteiger partial charge is 0.487 e. The van der Waals surface area contributed by atoms with E-state index in [0.717, 1.165) is 12.1 Å². The molecule has 1 fully saturated rings. The van der Waals surface area contributed by atoms with E-state index in [1.54, 1.807) is 0 Å². The summed E-state index contributed by atoms with van der Waals surface area (Å²) in [5, 5.41) is 24.9. The molecule has 12 heteroatoms. The van der Waals surface area contributed by atoms with Gasteiger partial charge >= 0.3 is 5.57 Å². The normalized spacial score (nSPS) is 15.3. The molecule has 4 rings (SSSR count). The molecule has 3 N–H and O–H groups in total. The second-order valence-corrected chi connectivity index (χ2v) is 8.38. The van der Waals surface area contributed by atoms with E-state index >= 15 is 0 Å². The van der Waals surface area contributed by atoms with Gasteiger partial charge in [0.2, 0.25) is 0 Å². The van der Waals surface area contributed by atoms with Crippen molar-refractivity contribution in [1.29, 1.82) is 5.26 Å². The van der Waals surface area contributed by atoms with E-state index in [1.807, 2.05) is 11.0 Å². The van der Waals surface area contributed by atoms with Crippen LogP contribution >= 0.6 is 11.6 Å². The number of aliphatic hydroxyl groups excluding tert-OH is 1. The van der Waals surface area contributed by atoms with E-state index in [2.05, 4.69) is 20.4 Å². The highest BCUT2D eigenvalue weighted by Crippen LogP contribution is 2.32. The summed E-state index contributed by atoms with van der Waals surface area (Å²) in [4.78, 5) is 19.1. The monoisotopic (exact) mass is 517 g/mol. The van der Waals surface area contributed by atoms with Gasteiger partial charge in [-0.05, 0) is 55.0 Å². The van der Waals surface area contributed by atoms with Gasteiger partial charge in [0, 0.05) is 36.6 Å². The number of nitrogens with zero attached hydrogens (tertiary/aromatic N) is 3. The van der Waals surface area contributed by atoms with Crippen LogP contribution in [0.4, 0.5) is 36.1 Å². The smallest absolute Gasteiger partial charge is 0.420 e. The minimum atomic E-state index is -3.86. The molecule has 1 aliphatic rings. The molecule has 0 spiro atoms. The molecular formula is C24H19ClF3N5O3. The van der Waals surface area contributed by atoms with Gasteiger partial charge < -0.3 is 25.4 Å². The van der Waals surface area contributed by atoms with Crippen LogP contribution < -0.4 is 20.3 Å². The number of alkyl halides is 3. The number of hydrogen-bond acceptors (Lipinski definition) is 7. The van der Waals surface area contributed by atoms with Gasteiger partial charge in [0.05, 0.1) is 28.6 Å². The Morgan fingerprint density at radius 1 is 1.22 bits per heavy atom. The number of anilines is 4. The molecule has 0 radical (unpaired) electrons. The molecule has 2 heterocycles. The zero-order valence-electron chi connectivity index (χ0n) is 18.5. The van der Waals surface area contributed by atoms with E-state index < -0.39 is 23.4 Å². The van der Waals surface area contributed by atoms with Crippen LogP contribution in [0.2, 0.25) is 0 Å². The average Bonchev–Trinajstić information content (AvgIpc) is 3.25. The first-order valence-electron chi connectivity index (χ1n) is 10.7. The van der Waals surface area contributed by atoms with Crippen molar-refractivity contribution < 1.29 is 27.8 Å². The van der Waals surface area contributed by atoms with Crippen LogP contribution in [0, 0.1) is 17.1 Å². The van der Waals surface area contributed by atoms with Crippen molar-refractivity contribution in [2.45, 2.75) is 18.1 Å². The van der Waals surface area contributed by atoms with E-state index in [0.29, 0.717) is 36.7 Å². The van der Waals surface area contributed by atoms with Gasteiger partial charge in [0.25, 0.3) is 5.91 Å². The molecular weight excluding hydrogens is 499 g/mol. The number of halogens is 4. The Labute approximate surface area is 208 Å². The Morgan fingerprint density at radius 3 is 2.61 bits per heavy atom. The van der Waals surface area contributed by atoms with Crippen LogP contribution in [0.5, 0.6) is 5.75 Å². The predicted molar refractivity (Wildman–Crippen MR) is 127 cm³/mol. The maximum Gasteiger partial charge on any atom is 0.487 e. The van der Waals surface area contributed by atoms with Crippen LogP contribution in [0.3, 0.4) is 0 Å². The highest BCUT2D eigenvalue weighted by Gasteiger charge is 2.28. The van der Waals surface area contributed by atoms with Crippen molar-refractivity contribution in [1.82, 2.24) is 4.98 Å². The maximum absolute atomic E-state index is 13.9. The SMILES string of the molecule is N#Cc1ccc(F)cc1Nc1cc(C(=O)Nc2ccc(OC(F)(F)Cl)cc2)cnc1N1CC[C@@H](O)C1. The second-order valence-electron chi connectivity index (χ2n) is 7.94. The lowest BCUT2D eigenvalue weighted by Gasteiger charge is -2.22. The summed E-state index contributed by atoms with van der Waals surface area (Å²) in [7, 11) is 0. The lowest BCUT2D eigenvalue weighted by molar-refractivity contribution is -0.0964. The number of β-amino-alcohol motifs (C(OH)–C–C–N with tert-alkyl or cyclic N) is 1. The number of rotatable bonds is 7. The Hall–Kier alpha value is -4.01. The van der Waals surface area contributed by atoms with E-state index in [4.69, 9.17) is 11.6 Å². The minimum Gasteiger partial charge on any atom is -0.420 e. The second kappa shape index (κ2) is 10.3. The molecule has 1 aliphatic heterocycles. The van der Waals surface area contributed by atoms with Crippen molar-refractivity contribution in [3.8, 4) is 11.8 Å². The topological polar surface area (TPSA) is 111 Å². The van der Waals surface area contributed by atoms with Gasteiger partial charge in [-0.15, -0.1) is 8.78 Å². The fourth-order valence-electron chi connectivity index (χ4n) is 3.67. The molecule has 1 atom stereocenters. The summed E-state index contributed by atoms with van der Waals surface area (Å²) in [6.45, 7) is 0.829. The van der Waals surface area contributed by atoms with E-state index in [-0.39, 0.29) is 22.6 Å². The number of aromatic nitrogens is 1. The fraction of sp³-hybridized carbons (Fsp3) is 0.208. The van der Waals surface area contributed by atoms with Crippen molar-refractivity contribution in [2.24, 2.45) is 0 Å². The number of carbonyl (C=O) groups excluding carboxylic acids is 1. The minimum absolute atomic E-state index is 0.128. The molecule has 0 unspecified atom stereocenters. The first kappa shape index (κ1) is 25.1. The van der Waals surface area contributed by atoms with E-state index in [9.17, 15) is 28.3 Å². The van der Waals surface area contributed by atoms with Gasteiger partial charge in [-0.1, -0.05) is 0 Å². The molecule has 1 amide bonds. The number of nitrogens with one attached hydrogen (secondary N) is 2. The average molecular weight is 518 g/mol. The molecule has 36 heavy (non-hydrogen) atoms. The van der Waals surface area contributed by atoms with Crippen LogP contribution in [-0.4, -0.2) is 40.8 Å². The Kier molecular flexibility index (Phi) is 7.19. The predicted octanol–water partition coefficient (Wildman–Crippen LogP) is 4.83. The highest BCUT2D eigenvalue weighted by molar-refractivity contribution is 6.20. The van der Waals surface area contributed by atoms with Crippen molar-refractivity contribution in [3.05, 3.63) is 71.7 Å². The number of pyridine rings is 1. The number of ether oxygens (including phenoxy) is 1. The third-order valence-corrected chi connectivity index (χ3v) is 5.39. The van der Waals surface area contributed by atoms with Crippen molar-refractivity contribution >= 4 is 40.4 Å². The van der Waals surface area contributed by atoms with Crippen molar-refractivity contribution in [2.75, 3.05) is 28.6 Å². The lowest BCUT2D eigenvalue weighted by atomic mass is 10.1. The van der Waals surface area contributed by atoms with E-state index in [1.165, 1.54) is 42.6 Å². The standard InChI is InChI=1S/C24H19ClF3N5O3/c25-24(27,28)36-19-5-3-17(4-6-19)31-23(35)15-9-21(22(30-12-15)33-8-7-18(34)13-33)32-20-10-16(26)2-1-14(20)11-29/h1-6,9-10,12,18,32,34H,7-8,13H2,(H,31,35)/t18-/m1/s1. The fourth-order valence-corrected chi connectivity index (χ4v) is 3.75. The molecule has 2 aromatic carbocycles. The van der Waals surface area contributed by atoms with Gasteiger partial charge in [-0.3, -0.25) is 4.79 Å². The summed E-state index contributed by atoms with van der Waals surface area (Å²) < 4.78 is 43.7. The van der Waals surface area contributed by atoms with Crippen LogP contribution in [0.25, 0.3) is 0 Å². The van der Waals surface area contributed by atoms with Gasteiger partial charge in [-0.25, -0.2) is 9.37 Å². The number of benzene rings is 2. The number of amides is 1. The summed E-state index contributed by atoms with van der Waals surface area (Å²) >= 11 is 4.75. The Morgan fingerprint density at radius 2 is 1.97 bits per heavy atom. The number of hydrogen-bond donors (Lipinski definition) is 3. The highest BCUT2D eigenvalue weighted by atomic mass is 35.5. The number of aliphatic hydroxyl groups is 1. The van der Waals surface area contributed by atoms with Gasteiger partial charge in [0.1, 0.15) is 17.6 Å². The van der Waals surface area contributed by atoms with Gasteiger partial charge in [0.15, 0.2) is 5.82 Å². The zero-order valence-corrected chi connectivity index (χ0v) is 19.3. The third kappa shape index (κ3) is 6.16. The summed E-state index contributed by atoms with van der Waals surface area (Å²) in [5.74, 6) is -0.896. The Bertz CT molecular complexity index is 1310. The molecule has 3 aromatic rings. The number of nitriles is 1. The first-order chi connectivity index (χ1) is 17.1. The lowest BCUT2D eigenvalue weighted by Crippen LogP contribution is -2.24. The van der Waals surface area contributed by atoms with Gasteiger partial charge in [-0.2, -0.15) is 5.26 Å². The maximum atomic E-state index is 13.9. The quantitative estimate of drug-likeness (QED) is 0.385. The molecule has 0 bridgehead atoms. The molecule has 1 saturated heterocycles. The molecule has 8 nitrogen and oxygen atoms in total. The molecule has 1 aromatic heterocycles. The number of carbonyl (C=O) groups is 1. The van der Waals surface area contributed by atoms with Crippen LogP contribution in [0.1, 0.15) is 22.3 Å². The molecule has 0 saturated carbocycles. The van der Waals surface area contributed by atoms with Crippen LogP contribution in [-0.2, 0) is 0 Å². The summed E-state index contributed by atoms with van der Waals surface area (Å²) in [5.41, 5.74) is -2.74. The molecule has 0 aliphatic carbocycles. The Balaban J connectivity index is 1.60. The third-order valence-electron chi connectivity index (χ3n) is 5.31. The zero-order chi connectivity index (χ0) is 25.9. The van der Waals surface area contributed by atoms with Crippen molar-refractivity contribution in [3.63, 3.8) is 0 Å². The first-order valence-corrected chi connectivity index (χ1v) is 11.1.